The molecule has 0 amide bonds. The Morgan fingerprint density at radius 3 is 2.93 bits per heavy atom. The molecule has 5 nitrogen and oxygen atoms in total. The molecule has 0 aliphatic carbocycles. The van der Waals surface area contributed by atoms with Crippen LogP contribution in [-0.2, 0) is 0 Å². The highest BCUT2D eigenvalue weighted by molar-refractivity contribution is 5.27. The molecule has 5 heteroatoms. The van der Waals surface area contributed by atoms with Crippen LogP contribution in [0.2, 0.25) is 0 Å². The largest absolute Gasteiger partial charge is 0.478 e. The second-order valence-electron chi connectivity index (χ2n) is 3.38. The summed E-state index contributed by atoms with van der Waals surface area (Å²) in [5, 5.41) is 3.13. The summed E-state index contributed by atoms with van der Waals surface area (Å²) in [6, 6.07) is 1.75. The van der Waals surface area contributed by atoms with Crippen molar-refractivity contribution in [3.63, 3.8) is 0 Å². The van der Waals surface area contributed by atoms with Gasteiger partial charge in [-0.05, 0) is 21.0 Å². The number of hydrogen-bond acceptors (Lipinski definition) is 5. The Balaban J connectivity index is 2.43. The van der Waals surface area contributed by atoms with Crippen molar-refractivity contribution < 1.29 is 4.74 Å². The Kier molecular flexibility index (Phi) is 4.83. The smallest absolute Gasteiger partial charge is 0.225 e. The molecular formula is C10H18N4O. The van der Waals surface area contributed by atoms with Crippen LogP contribution in [0.5, 0.6) is 5.88 Å². The molecule has 84 valence electrons. The first-order valence-electron chi connectivity index (χ1n) is 5.07. The zero-order valence-electron chi connectivity index (χ0n) is 9.53. The van der Waals surface area contributed by atoms with Crippen molar-refractivity contribution in [3.05, 3.63) is 12.3 Å². The predicted octanol–water partition coefficient (Wildman–Crippen LogP) is 0.849. The molecule has 0 aliphatic heterocycles. The first-order chi connectivity index (χ1) is 7.22. The first-order valence-corrected chi connectivity index (χ1v) is 5.07. The normalized spacial score (nSPS) is 10.4. The van der Waals surface area contributed by atoms with Crippen molar-refractivity contribution >= 4 is 5.95 Å². The lowest BCUT2D eigenvalue weighted by Crippen LogP contribution is -2.21. The van der Waals surface area contributed by atoms with Gasteiger partial charge in [0.15, 0.2) is 0 Å². The van der Waals surface area contributed by atoms with Gasteiger partial charge < -0.3 is 15.0 Å². The molecule has 1 heterocycles. The fraction of sp³-hybridized carbons (Fsp3) is 0.600. The van der Waals surface area contributed by atoms with E-state index in [1.807, 2.05) is 21.0 Å². The molecule has 0 aromatic carbocycles. The Morgan fingerprint density at radius 2 is 2.27 bits per heavy atom. The van der Waals surface area contributed by atoms with Crippen molar-refractivity contribution in [1.82, 2.24) is 14.9 Å². The van der Waals surface area contributed by atoms with Gasteiger partial charge in [0, 0.05) is 25.4 Å². The maximum Gasteiger partial charge on any atom is 0.225 e. The standard InChI is InChI=1S/C10H18N4O/c1-4-15-9-5-6-11-10(13-9)12-7-8-14(2)3/h5-6H,4,7-8H2,1-3H3,(H,11,12,13). The van der Waals surface area contributed by atoms with Gasteiger partial charge in [-0.2, -0.15) is 4.98 Å². The Morgan fingerprint density at radius 1 is 1.47 bits per heavy atom. The quantitative estimate of drug-likeness (QED) is 0.754. The first kappa shape index (κ1) is 11.7. The van der Waals surface area contributed by atoms with E-state index >= 15 is 0 Å². The van der Waals surface area contributed by atoms with E-state index in [1.54, 1.807) is 12.3 Å². The molecule has 1 aromatic heterocycles. The maximum atomic E-state index is 5.27. The van der Waals surface area contributed by atoms with Crippen LogP contribution in [0.15, 0.2) is 12.3 Å². The lowest BCUT2D eigenvalue weighted by atomic mass is 10.5. The minimum Gasteiger partial charge on any atom is -0.478 e. The second kappa shape index (κ2) is 6.19. The van der Waals surface area contributed by atoms with Crippen LogP contribution < -0.4 is 10.1 Å². The van der Waals surface area contributed by atoms with Crippen LogP contribution in [0.1, 0.15) is 6.92 Å². The molecular weight excluding hydrogens is 192 g/mol. The van der Waals surface area contributed by atoms with Crippen LogP contribution in [0.25, 0.3) is 0 Å². The third-order valence-electron chi connectivity index (χ3n) is 1.76. The number of likely N-dealkylation sites (N-methyl/N-ethyl adjacent to an activating group) is 1. The van der Waals surface area contributed by atoms with Crippen LogP contribution in [0, 0.1) is 0 Å². The minimum atomic E-state index is 0.611. The molecule has 0 spiro atoms. The second-order valence-corrected chi connectivity index (χ2v) is 3.38. The third-order valence-corrected chi connectivity index (χ3v) is 1.76. The van der Waals surface area contributed by atoms with Gasteiger partial charge >= 0.3 is 0 Å². The van der Waals surface area contributed by atoms with E-state index in [-0.39, 0.29) is 0 Å². The summed E-state index contributed by atoms with van der Waals surface area (Å²) < 4.78 is 5.27. The van der Waals surface area contributed by atoms with Gasteiger partial charge in [0.25, 0.3) is 0 Å². The van der Waals surface area contributed by atoms with E-state index in [2.05, 4.69) is 20.2 Å². The topological polar surface area (TPSA) is 50.3 Å². The lowest BCUT2D eigenvalue weighted by Gasteiger charge is -2.10. The zero-order chi connectivity index (χ0) is 11.1. The summed E-state index contributed by atoms with van der Waals surface area (Å²) in [6.45, 7) is 4.32. The molecule has 0 fully saturated rings. The summed E-state index contributed by atoms with van der Waals surface area (Å²) in [6.07, 6.45) is 1.69. The van der Waals surface area contributed by atoms with Gasteiger partial charge in [-0.25, -0.2) is 4.98 Å². The molecule has 1 N–H and O–H groups in total. The van der Waals surface area contributed by atoms with Gasteiger partial charge in [0.05, 0.1) is 6.61 Å². The van der Waals surface area contributed by atoms with Crippen LogP contribution in [0.4, 0.5) is 5.95 Å². The number of aromatic nitrogens is 2. The van der Waals surface area contributed by atoms with Crippen LogP contribution in [-0.4, -0.2) is 48.7 Å². The molecule has 0 atom stereocenters. The van der Waals surface area contributed by atoms with Gasteiger partial charge in [-0.15, -0.1) is 0 Å². The molecule has 0 radical (unpaired) electrons. The fourth-order valence-corrected chi connectivity index (χ4v) is 1.05. The van der Waals surface area contributed by atoms with E-state index in [1.165, 1.54) is 0 Å². The van der Waals surface area contributed by atoms with Crippen LogP contribution >= 0.6 is 0 Å². The average molecular weight is 210 g/mol. The highest BCUT2D eigenvalue weighted by Crippen LogP contribution is 2.07. The molecule has 15 heavy (non-hydrogen) atoms. The fourth-order valence-electron chi connectivity index (χ4n) is 1.05. The van der Waals surface area contributed by atoms with Crippen molar-refractivity contribution in [1.29, 1.82) is 0 Å². The predicted molar refractivity (Wildman–Crippen MR) is 60.2 cm³/mol. The monoisotopic (exact) mass is 210 g/mol. The van der Waals surface area contributed by atoms with Gasteiger partial charge in [-0.1, -0.05) is 0 Å². The Labute approximate surface area is 90.5 Å². The Hall–Kier alpha value is -1.36. The molecule has 0 saturated heterocycles. The van der Waals surface area contributed by atoms with E-state index in [4.69, 9.17) is 4.74 Å². The zero-order valence-corrected chi connectivity index (χ0v) is 9.53. The lowest BCUT2D eigenvalue weighted by molar-refractivity contribution is 0.326. The van der Waals surface area contributed by atoms with Crippen LogP contribution in [0.3, 0.4) is 0 Å². The van der Waals surface area contributed by atoms with E-state index in [0.29, 0.717) is 18.4 Å². The van der Waals surface area contributed by atoms with Crippen molar-refractivity contribution in [3.8, 4) is 5.88 Å². The van der Waals surface area contributed by atoms with E-state index in [9.17, 15) is 0 Å². The molecule has 1 rings (SSSR count). The highest BCUT2D eigenvalue weighted by Gasteiger charge is 1.98. The maximum absolute atomic E-state index is 5.27. The third kappa shape index (κ3) is 4.60. The van der Waals surface area contributed by atoms with Gasteiger partial charge in [-0.3, -0.25) is 0 Å². The number of nitrogens with one attached hydrogen (secondary N) is 1. The summed E-state index contributed by atoms with van der Waals surface area (Å²) >= 11 is 0. The molecule has 1 aromatic rings. The highest BCUT2D eigenvalue weighted by atomic mass is 16.5. The molecule has 0 bridgehead atoms. The summed E-state index contributed by atoms with van der Waals surface area (Å²) in [5.41, 5.74) is 0. The number of ether oxygens (including phenoxy) is 1. The molecule has 0 aliphatic rings. The minimum absolute atomic E-state index is 0.611. The summed E-state index contributed by atoms with van der Waals surface area (Å²) in [7, 11) is 4.05. The van der Waals surface area contributed by atoms with E-state index in [0.717, 1.165) is 13.1 Å². The SMILES string of the molecule is CCOc1ccnc(NCCN(C)C)n1. The van der Waals surface area contributed by atoms with Gasteiger partial charge in [0.2, 0.25) is 11.8 Å². The Bertz CT molecular complexity index is 291. The number of anilines is 1. The van der Waals surface area contributed by atoms with Crippen molar-refractivity contribution in [2.45, 2.75) is 6.92 Å². The average Bonchev–Trinajstić information content (AvgIpc) is 2.18. The number of nitrogens with zero attached hydrogens (tertiary/aromatic N) is 3. The van der Waals surface area contributed by atoms with Gasteiger partial charge in [0.1, 0.15) is 0 Å². The van der Waals surface area contributed by atoms with Crippen molar-refractivity contribution in [2.24, 2.45) is 0 Å². The summed E-state index contributed by atoms with van der Waals surface area (Å²) in [5.74, 6) is 1.22. The molecule has 0 unspecified atom stereocenters. The molecule has 0 saturated carbocycles. The number of rotatable bonds is 6. The van der Waals surface area contributed by atoms with Crippen molar-refractivity contribution in [2.75, 3.05) is 39.1 Å². The summed E-state index contributed by atoms with van der Waals surface area (Å²) in [4.78, 5) is 10.4. The van der Waals surface area contributed by atoms with E-state index < -0.39 is 0 Å². The number of hydrogen-bond donors (Lipinski definition) is 1.